The Morgan fingerprint density at radius 3 is 2.84 bits per heavy atom. The van der Waals surface area contributed by atoms with Gasteiger partial charge in [0.25, 0.3) is 5.91 Å². The molecule has 3 aromatic rings. The molecule has 10 nitrogen and oxygen atoms in total. The summed E-state index contributed by atoms with van der Waals surface area (Å²) in [6.07, 6.45) is 4.41. The Morgan fingerprint density at radius 1 is 1.30 bits per heavy atom. The summed E-state index contributed by atoms with van der Waals surface area (Å²) in [6.45, 7) is 3.92. The second kappa shape index (κ2) is 10.7. The number of fused-ring (bicyclic) bond motifs is 1. The van der Waals surface area contributed by atoms with Gasteiger partial charge in [-0.25, -0.2) is 9.78 Å². The lowest BCUT2D eigenvalue weighted by atomic mass is 10.0. The predicted octanol–water partition coefficient (Wildman–Crippen LogP) is 3.92. The number of piperidine rings is 1. The Balaban J connectivity index is 1.43. The summed E-state index contributed by atoms with van der Waals surface area (Å²) in [4.78, 5) is 31.5. The maximum Gasteiger partial charge on any atom is 0.410 e. The molecule has 37 heavy (non-hydrogen) atoms. The van der Waals surface area contributed by atoms with Gasteiger partial charge >= 0.3 is 6.09 Å². The second-order valence-corrected chi connectivity index (χ2v) is 9.41. The van der Waals surface area contributed by atoms with Gasteiger partial charge in [0.15, 0.2) is 0 Å². The summed E-state index contributed by atoms with van der Waals surface area (Å²) < 4.78 is 18.9. The molecule has 2 fully saturated rings. The fourth-order valence-electron chi connectivity index (χ4n) is 4.58. The van der Waals surface area contributed by atoms with Crippen LogP contribution < -0.4 is 14.8 Å². The zero-order valence-electron chi connectivity index (χ0n) is 20.6. The minimum Gasteiger partial charge on any atom is -0.488 e. The molecule has 0 unspecified atom stereocenters. The fourth-order valence-corrected chi connectivity index (χ4v) is 4.71. The van der Waals surface area contributed by atoms with Gasteiger partial charge in [-0.1, -0.05) is 23.7 Å². The number of amides is 2. The van der Waals surface area contributed by atoms with Crippen LogP contribution in [0.4, 0.5) is 4.79 Å². The van der Waals surface area contributed by atoms with Gasteiger partial charge in [0.05, 0.1) is 19.3 Å². The van der Waals surface area contributed by atoms with E-state index in [9.17, 15) is 9.59 Å². The molecule has 0 radical (unpaired) electrons. The molecular formula is C26H28ClN5O5. The summed E-state index contributed by atoms with van der Waals surface area (Å²) in [7, 11) is 1.48. The minimum atomic E-state index is -0.343. The van der Waals surface area contributed by atoms with E-state index in [1.165, 1.54) is 7.11 Å². The van der Waals surface area contributed by atoms with E-state index in [4.69, 9.17) is 25.8 Å². The summed E-state index contributed by atoms with van der Waals surface area (Å²) in [5, 5.41) is 7.91. The number of hydrogen-bond acceptors (Lipinski definition) is 7. The third kappa shape index (κ3) is 5.34. The molecule has 1 aromatic carbocycles. The Kier molecular flexibility index (Phi) is 7.18. The third-order valence-electron chi connectivity index (χ3n) is 6.58. The van der Waals surface area contributed by atoms with Gasteiger partial charge in [0, 0.05) is 55.3 Å². The van der Waals surface area contributed by atoms with E-state index in [-0.39, 0.29) is 35.6 Å². The van der Waals surface area contributed by atoms with Crippen molar-refractivity contribution < 1.29 is 23.8 Å². The summed E-state index contributed by atoms with van der Waals surface area (Å²) in [5.41, 5.74) is 2.45. The number of methoxy groups -OCH3 is 1. The standard InChI is InChI=1S/C26H28ClN5O5/c1-3-31-14-17(13-29-31)23-22(37-20-8-9-32-19(10-20)15-36-26(32)34)11-21(25(30-23)35-2)24(33)28-12-16-4-6-18(27)7-5-16/h4-7,11,13-14,19-20H,3,8-10,12,15H2,1-2H3,(H,28,33)/t19-,20-/m0/s1. The number of nitrogens with one attached hydrogen (secondary N) is 1. The van der Waals surface area contributed by atoms with Crippen LogP contribution in [0.5, 0.6) is 11.6 Å². The Bertz CT molecular complexity index is 1300. The number of pyridine rings is 1. The third-order valence-corrected chi connectivity index (χ3v) is 6.83. The molecule has 2 aliphatic rings. The molecule has 0 bridgehead atoms. The smallest absolute Gasteiger partial charge is 0.410 e. The van der Waals surface area contributed by atoms with E-state index in [1.807, 2.05) is 25.3 Å². The van der Waals surface area contributed by atoms with Crippen LogP contribution in [-0.2, 0) is 17.8 Å². The van der Waals surface area contributed by atoms with Crippen molar-refractivity contribution in [3.8, 4) is 22.9 Å². The number of benzene rings is 1. The molecule has 4 heterocycles. The number of aromatic nitrogens is 3. The monoisotopic (exact) mass is 525 g/mol. The van der Waals surface area contributed by atoms with E-state index >= 15 is 0 Å². The SMILES string of the molecule is CCn1cc(-c2nc(OC)c(C(=O)NCc3ccc(Cl)cc3)cc2O[C@H]2CCN3C(=O)OC[C@@H]3C2)cn1. The zero-order valence-corrected chi connectivity index (χ0v) is 21.4. The summed E-state index contributed by atoms with van der Waals surface area (Å²) in [5.74, 6) is 0.297. The van der Waals surface area contributed by atoms with E-state index in [0.29, 0.717) is 55.5 Å². The first-order valence-corrected chi connectivity index (χ1v) is 12.6. The largest absolute Gasteiger partial charge is 0.488 e. The maximum absolute atomic E-state index is 13.2. The van der Waals surface area contributed by atoms with Crippen LogP contribution in [0, 0.1) is 0 Å². The van der Waals surface area contributed by atoms with Gasteiger partial charge in [0.1, 0.15) is 29.7 Å². The highest BCUT2D eigenvalue weighted by Crippen LogP contribution is 2.36. The molecule has 5 rings (SSSR count). The molecular weight excluding hydrogens is 498 g/mol. The van der Waals surface area contributed by atoms with Gasteiger partial charge in [-0.05, 0) is 24.6 Å². The number of halogens is 1. The Hall–Kier alpha value is -3.79. The van der Waals surface area contributed by atoms with Crippen LogP contribution in [0.3, 0.4) is 0 Å². The fraction of sp³-hybridized carbons (Fsp3) is 0.385. The number of ether oxygens (including phenoxy) is 3. The lowest BCUT2D eigenvalue weighted by Gasteiger charge is -2.32. The quantitative estimate of drug-likeness (QED) is 0.475. The van der Waals surface area contributed by atoms with Crippen LogP contribution in [-0.4, -0.2) is 64.1 Å². The summed E-state index contributed by atoms with van der Waals surface area (Å²) >= 11 is 5.96. The Morgan fingerprint density at radius 2 is 2.11 bits per heavy atom. The average molecular weight is 526 g/mol. The lowest BCUT2D eigenvalue weighted by Crippen LogP contribution is -2.44. The molecule has 0 aliphatic carbocycles. The number of rotatable bonds is 8. The topological polar surface area (TPSA) is 108 Å². The molecule has 2 atom stereocenters. The number of hydrogen-bond donors (Lipinski definition) is 1. The van der Waals surface area contributed by atoms with Crippen molar-refractivity contribution in [1.29, 1.82) is 0 Å². The molecule has 2 aromatic heterocycles. The molecule has 1 N–H and O–H groups in total. The molecule has 2 saturated heterocycles. The number of carbonyl (C=O) groups is 2. The van der Waals surface area contributed by atoms with Gasteiger partial charge in [-0.2, -0.15) is 5.10 Å². The molecule has 2 amide bonds. The number of cyclic esters (lactones) is 1. The van der Waals surface area contributed by atoms with Crippen molar-refractivity contribution in [2.24, 2.45) is 0 Å². The van der Waals surface area contributed by atoms with Gasteiger partial charge < -0.3 is 24.4 Å². The van der Waals surface area contributed by atoms with Crippen molar-refractivity contribution in [1.82, 2.24) is 25.0 Å². The number of carbonyl (C=O) groups excluding carboxylic acids is 2. The summed E-state index contributed by atoms with van der Waals surface area (Å²) in [6, 6.07) is 8.90. The normalized spacial score (nSPS) is 18.8. The van der Waals surface area contributed by atoms with Crippen LogP contribution in [0.1, 0.15) is 35.7 Å². The highest BCUT2D eigenvalue weighted by atomic mass is 35.5. The van der Waals surface area contributed by atoms with Gasteiger partial charge in [-0.15, -0.1) is 0 Å². The van der Waals surface area contributed by atoms with Crippen molar-refractivity contribution in [2.75, 3.05) is 20.3 Å². The second-order valence-electron chi connectivity index (χ2n) is 8.97. The minimum absolute atomic E-state index is 0.0223. The lowest BCUT2D eigenvalue weighted by molar-refractivity contribution is 0.0913. The molecule has 0 saturated carbocycles. The number of nitrogens with zero attached hydrogens (tertiary/aromatic N) is 4. The number of aryl methyl sites for hydroxylation is 1. The predicted molar refractivity (Wildman–Crippen MR) is 136 cm³/mol. The van der Waals surface area contributed by atoms with E-state index in [0.717, 1.165) is 11.1 Å². The van der Waals surface area contributed by atoms with Crippen molar-refractivity contribution in [3.63, 3.8) is 0 Å². The molecule has 11 heteroatoms. The van der Waals surface area contributed by atoms with E-state index in [2.05, 4.69) is 15.4 Å². The van der Waals surface area contributed by atoms with Crippen molar-refractivity contribution in [2.45, 2.75) is 45.0 Å². The highest BCUT2D eigenvalue weighted by molar-refractivity contribution is 6.30. The Labute approximate surface area is 219 Å². The first kappa shape index (κ1) is 24.9. The average Bonchev–Trinajstić information content (AvgIpc) is 3.54. The first-order chi connectivity index (χ1) is 17.9. The van der Waals surface area contributed by atoms with Crippen molar-refractivity contribution >= 4 is 23.6 Å². The van der Waals surface area contributed by atoms with Crippen LogP contribution in [0.2, 0.25) is 5.02 Å². The van der Waals surface area contributed by atoms with Crippen LogP contribution in [0.25, 0.3) is 11.3 Å². The molecule has 2 aliphatic heterocycles. The van der Waals surface area contributed by atoms with Crippen LogP contribution >= 0.6 is 11.6 Å². The van der Waals surface area contributed by atoms with E-state index < -0.39 is 0 Å². The highest BCUT2D eigenvalue weighted by Gasteiger charge is 2.39. The van der Waals surface area contributed by atoms with E-state index in [1.54, 1.807) is 34.0 Å². The van der Waals surface area contributed by atoms with Gasteiger partial charge in [0.2, 0.25) is 5.88 Å². The molecule has 194 valence electrons. The van der Waals surface area contributed by atoms with Crippen molar-refractivity contribution in [3.05, 3.63) is 58.9 Å². The van der Waals surface area contributed by atoms with Gasteiger partial charge in [-0.3, -0.25) is 9.48 Å². The first-order valence-electron chi connectivity index (χ1n) is 12.2. The van der Waals surface area contributed by atoms with Crippen LogP contribution in [0.15, 0.2) is 42.7 Å². The zero-order chi connectivity index (χ0) is 25.9. The maximum atomic E-state index is 13.2. The molecule has 0 spiro atoms.